The molecule has 0 aliphatic carbocycles. The standard InChI is InChI=1S/C14H22O3/c1-11(9-14(2,3)4)8-13(15)17-10-12-6-5-7-16-12/h5-7,11H,8-10H2,1-4H3. The molecule has 1 unspecified atom stereocenters. The van der Waals surface area contributed by atoms with Crippen molar-refractivity contribution in [1.29, 1.82) is 0 Å². The minimum Gasteiger partial charge on any atom is -0.466 e. The molecule has 96 valence electrons. The molecule has 0 bridgehead atoms. The fourth-order valence-electron chi connectivity index (χ4n) is 2.01. The highest BCUT2D eigenvalue weighted by molar-refractivity contribution is 5.69. The van der Waals surface area contributed by atoms with Crippen LogP contribution in [0.25, 0.3) is 0 Å². The van der Waals surface area contributed by atoms with Gasteiger partial charge in [-0.3, -0.25) is 4.79 Å². The lowest BCUT2D eigenvalue weighted by atomic mass is 9.84. The van der Waals surface area contributed by atoms with Crippen LogP contribution < -0.4 is 0 Å². The van der Waals surface area contributed by atoms with Gasteiger partial charge >= 0.3 is 5.97 Å². The predicted molar refractivity (Wildman–Crippen MR) is 66.4 cm³/mol. The van der Waals surface area contributed by atoms with Gasteiger partial charge in [0.15, 0.2) is 0 Å². The summed E-state index contributed by atoms with van der Waals surface area (Å²) in [6.45, 7) is 8.85. The second-order valence-corrected chi connectivity index (χ2v) is 5.81. The summed E-state index contributed by atoms with van der Waals surface area (Å²) < 4.78 is 10.2. The molecule has 1 aromatic rings. The third-order valence-electron chi connectivity index (χ3n) is 2.43. The third-order valence-corrected chi connectivity index (χ3v) is 2.43. The van der Waals surface area contributed by atoms with Crippen LogP contribution in [0.5, 0.6) is 0 Å². The highest BCUT2D eigenvalue weighted by atomic mass is 16.5. The summed E-state index contributed by atoms with van der Waals surface area (Å²) in [6.07, 6.45) is 3.06. The smallest absolute Gasteiger partial charge is 0.306 e. The molecule has 0 spiro atoms. The first kappa shape index (κ1) is 13.8. The van der Waals surface area contributed by atoms with Gasteiger partial charge in [-0.2, -0.15) is 0 Å². The summed E-state index contributed by atoms with van der Waals surface area (Å²) >= 11 is 0. The van der Waals surface area contributed by atoms with Crippen molar-refractivity contribution in [3.05, 3.63) is 24.2 Å². The Bertz CT molecular complexity index is 333. The van der Waals surface area contributed by atoms with Crippen LogP contribution in [0.2, 0.25) is 0 Å². The van der Waals surface area contributed by atoms with Gasteiger partial charge in [-0.05, 0) is 29.9 Å². The quantitative estimate of drug-likeness (QED) is 0.733. The van der Waals surface area contributed by atoms with E-state index in [0.29, 0.717) is 18.1 Å². The van der Waals surface area contributed by atoms with E-state index >= 15 is 0 Å². The van der Waals surface area contributed by atoms with E-state index in [2.05, 4.69) is 27.7 Å². The van der Waals surface area contributed by atoms with Gasteiger partial charge < -0.3 is 9.15 Å². The number of carbonyl (C=O) groups is 1. The first-order valence-corrected chi connectivity index (χ1v) is 6.05. The van der Waals surface area contributed by atoms with Crippen molar-refractivity contribution in [3.63, 3.8) is 0 Å². The fraction of sp³-hybridized carbons (Fsp3) is 0.643. The van der Waals surface area contributed by atoms with Crippen molar-refractivity contribution in [2.45, 2.75) is 47.1 Å². The topological polar surface area (TPSA) is 39.4 Å². The van der Waals surface area contributed by atoms with E-state index in [1.54, 1.807) is 18.4 Å². The molecule has 17 heavy (non-hydrogen) atoms. The lowest BCUT2D eigenvalue weighted by molar-refractivity contribution is -0.146. The zero-order valence-corrected chi connectivity index (χ0v) is 11.2. The van der Waals surface area contributed by atoms with E-state index in [1.165, 1.54) is 0 Å². The van der Waals surface area contributed by atoms with Gasteiger partial charge in [0.2, 0.25) is 0 Å². The molecule has 0 saturated carbocycles. The van der Waals surface area contributed by atoms with Gasteiger partial charge in [-0.25, -0.2) is 0 Å². The van der Waals surface area contributed by atoms with Gasteiger partial charge in [-0.1, -0.05) is 27.7 Å². The lowest BCUT2D eigenvalue weighted by Gasteiger charge is -2.22. The Labute approximate surface area is 103 Å². The molecule has 0 fully saturated rings. The summed E-state index contributed by atoms with van der Waals surface area (Å²) in [6, 6.07) is 3.58. The third kappa shape index (κ3) is 6.15. The number of hydrogen-bond acceptors (Lipinski definition) is 3. The number of hydrogen-bond donors (Lipinski definition) is 0. The second kappa shape index (κ2) is 5.89. The molecule has 1 heterocycles. The molecule has 0 aliphatic heterocycles. The normalized spacial score (nSPS) is 13.4. The maximum absolute atomic E-state index is 11.6. The molecule has 1 aromatic heterocycles. The van der Waals surface area contributed by atoms with Gasteiger partial charge in [0.25, 0.3) is 0 Å². The Balaban J connectivity index is 2.25. The monoisotopic (exact) mass is 238 g/mol. The maximum atomic E-state index is 11.6. The van der Waals surface area contributed by atoms with Crippen LogP contribution in [0.4, 0.5) is 0 Å². The molecule has 1 atom stereocenters. The number of ether oxygens (including phenoxy) is 1. The average Bonchev–Trinajstić information content (AvgIpc) is 2.63. The fourth-order valence-corrected chi connectivity index (χ4v) is 2.01. The van der Waals surface area contributed by atoms with Gasteiger partial charge in [0.1, 0.15) is 12.4 Å². The molecule has 1 rings (SSSR count). The van der Waals surface area contributed by atoms with E-state index in [1.807, 2.05) is 0 Å². The Morgan fingerprint density at radius 2 is 2.18 bits per heavy atom. The highest BCUT2D eigenvalue weighted by Gasteiger charge is 2.18. The molecular weight excluding hydrogens is 216 g/mol. The number of rotatable bonds is 5. The van der Waals surface area contributed by atoms with E-state index in [-0.39, 0.29) is 18.0 Å². The van der Waals surface area contributed by atoms with Gasteiger partial charge in [-0.15, -0.1) is 0 Å². The van der Waals surface area contributed by atoms with Crippen molar-refractivity contribution in [2.24, 2.45) is 11.3 Å². The number of furan rings is 1. The van der Waals surface area contributed by atoms with Crippen LogP contribution in [-0.2, 0) is 16.1 Å². The molecule has 0 radical (unpaired) electrons. The van der Waals surface area contributed by atoms with E-state index in [4.69, 9.17) is 9.15 Å². The maximum Gasteiger partial charge on any atom is 0.306 e. The van der Waals surface area contributed by atoms with Crippen LogP contribution in [-0.4, -0.2) is 5.97 Å². The summed E-state index contributed by atoms with van der Waals surface area (Å²) in [5.41, 5.74) is 0.251. The highest BCUT2D eigenvalue weighted by Crippen LogP contribution is 2.26. The zero-order valence-electron chi connectivity index (χ0n) is 11.2. The molecule has 0 amide bonds. The SMILES string of the molecule is CC(CC(=O)OCc1ccco1)CC(C)(C)C. The summed E-state index contributed by atoms with van der Waals surface area (Å²) in [7, 11) is 0. The lowest BCUT2D eigenvalue weighted by Crippen LogP contribution is -2.15. The molecule has 0 aliphatic rings. The van der Waals surface area contributed by atoms with Crippen LogP contribution in [0.15, 0.2) is 22.8 Å². The number of carbonyl (C=O) groups excluding carboxylic acids is 1. The molecule has 0 N–H and O–H groups in total. The van der Waals surface area contributed by atoms with Crippen LogP contribution in [0.1, 0.15) is 46.3 Å². The van der Waals surface area contributed by atoms with Gasteiger partial charge in [0, 0.05) is 6.42 Å². The van der Waals surface area contributed by atoms with Crippen molar-refractivity contribution >= 4 is 5.97 Å². The van der Waals surface area contributed by atoms with Crippen molar-refractivity contribution in [2.75, 3.05) is 0 Å². The van der Waals surface area contributed by atoms with E-state index < -0.39 is 0 Å². The largest absolute Gasteiger partial charge is 0.466 e. The molecular formula is C14H22O3. The van der Waals surface area contributed by atoms with Crippen molar-refractivity contribution < 1.29 is 13.9 Å². The first-order valence-electron chi connectivity index (χ1n) is 6.05. The molecule has 0 aromatic carbocycles. The molecule has 3 heteroatoms. The van der Waals surface area contributed by atoms with Crippen LogP contribution in [0, 0.1) is 11.3 Å². The predicted octanol–water partition coefficient (Wildman–Crippen LogP) is 3.79. The van der Waals surface area contributed by atoms with E-state index in [0.717, 1.165) is 6.42 Å². The van der Waals surface area contributed by atoms with Crippen LogP contribution in [0.3, 0.4) is 0 Å². The Morgan fingerprint density at radius 3 is 2.71 bits per heavy atom. The Kier molecular flexibility index (Phi) is 4.79. The minimum atomic E-state index is -0.154. The first-order chi connectivity index (χ1) is 7.87. The second-order valence-electron chi connectivity index (χ2n) is 5.81. The van der Waals surface area contributed by atoms with E-state index in [9.17, 15) is 4.79 Å². The Hall–Kier alpha value is -1.25. The van der Waals surface area contributed by atoms with Gasteiger partial charge in [0.05, 0.1) is 6.26 Å². The Morgan fingerprint density at radius 1 is 1.47 bits per heavy atom. The molecule has 0 saturated heterocycles. The summed E-state index contributed by atoms with van der Waals surface area (Å²) in [4.78, 5) is 11.6. The zero-order chi connectivity index (χ0) is 12.9. The summed E-state index contributed by atoms with van der Waals surface area (Å²) in [5, 5.41) is 0. The van der Waals surface area contributed by atoms with Crippen LogP contribution >= 0.6 is 0 Å². The summed E-state index contributed by atoms with van der Waals surface area (Å²) in [5.74, 6) is 0.874. The minimum absolute atomic E-state index is 0.154. The molecule has 3 nitrogen and oxygen atoms in total. The number of esters is 1. The van der Waals surface area contributed by atoms with Crippen molar-refractivity contribution in [1.82, 2.24) is 0 Å². The average molecular weight is 238 g/mol. The van der Waals surface area contributed by atoms with Crippen molar-refractivity contribution in [3.8, 4) is 0 Å².